The molecule has 0 unspecified atom stereocenters. The Kier molecular flexibility index (Phi) is 6.03. The molecule has 0 aromatic heterocycles. The van der Waals surface area contributed by atoms with Crippen molar-refractivity contribution in [3.8, 4) is 11.8 Å². The molecule has 16 heavy (non-hydrogen) atoms. The van der Waals surface area contributed by atoms with Crippen LogP contribution in [0.3, 0.4) is 0 Å². The van der Waals surface area contributed by atoms with E-state index in [9.17, 15) is 4.79 Å². The maximum Gasteiger partial charge on any atom is 0.193 e. The van der Waals surface area contributed by atoms with Crippen LogP contribution in [0.1, 0.15) is 43.7 Å². The summed E-state index contributed by atoms with van der Waals surface area (Å²) in [5.74, 6) is 5.19. The molecule has 0 aliphatic rings. The van der Waals surface area contributed by atoms with Crippen LogP contribution in [-0.4, -0.2) is 6.29 Å². The van der Waals surface area contributed by atoms with Crippen molar-refractivity contribution < 1.29 is 4.79 Å². The Balaban J connectivity index is 2.42. The number of hydrogen-bond acceptors (Lipinski definition) is 1. The van der Waals surface area contributed by atoms with E-state index in [1.807, 2.05) is 12.1 Å². The lowest BCUT2D eigenvalue weighted by Gasteiger charge is -2.01. The largest absolute Gasteiger partial charge is 0.289 e. The van der Waals surface area contributed by atoms with Crippen molar-refractivity contribution >= 4 is 6.29 Å². The molecule has 0 fully saturated rings. The molecule has 1 nitrogen and oxygen atoms in total. The molecular formula is C15H18O. The molecular weight excluding hydrogens is 196 g/mol. The van der Waals surface area contributed by atoms with Crippen molar-refractivity contribution in [2.75, 3.05) is 0 Å². The molecule has 84 valence electrons. The van der Waals surface area contributed by atoms with E-state index in [0.29, 0.717) is 6.29 Å². The summed E-state index contributed by atoms with van der Waals surface area (Å²) in [5, 5.41) is 0. The van der Waals surface area contributed by atoms with Gasteiger partial charge in [0.2, 0.25) is 0 Å². The third-order valence-corrected chi connectivity index (χ3v) is 2.55. The highest BCUT2D eigenvalue weighted by molar-refractivity contribution is 5.73. The minimum Gasteiger partial charge on any atom is -0.289 e. The quantitative estimate of drug-likeness (QED) is 0.417. The first-order chi connectivity index (χ1) is 7.86. The van der Waals surface area contributed by atoms with E-state index in [0.717, 1.165) is 12.0 Å². The molecule has 0 atom stereocenters. The second-order valence-electron chi connectivity index (χ2n) is 3.89. The number of aryl methyl sites for hydroxylation is 1. The summed E-state index contributed by atoms with van der Waals surface area (Å²) in [7, 11) is 0. The Labute approximate surface area is 97.9 Å². The molecule has 0 saturated heterocycles. The Morgan fingerprint density at radius 1 is 1.12 bits per heavy atom. The highest BCUT2D eigenvalue weighted by Gasteiger charge is 1.93. The first kappa shape index (κ1) is 12.5. The Bertz CT molecular complexity index is 365. The van der Waals surface area contributed by atoms with Crippen LogP contribution in [0.15, 0.2) is 24.3 Å². The number of carbonyl (C=O) groups is 1. The second kappa shape index (κ2) is 7.70. The van der Waals surface area contributed by atoms with Gasteiger partial charge < -0.3 is 0 Å². The number of aldehydes is 1. The highest BCUT2D eigenvalue weighted by atomic mass is 16.1. The van der Waals surface area contributed by atoms with Gasteiger partial charge in [0.05, 0.1) is 0 Å². The van der Waals surface area contributed by atoms with Gasteiger partial charge in [0.1, 0.15) is 0 Å². The van der Waals surface area contributed by atoms with Crippen molar-refractivity contribution in [2.24, 2.45) is 0 Å². The fraction of sp³-hybridized carbons (Fsp3) is 0.400. The van der Waals surface area contributed by atoms with E-state index in [-0.39, 0.29) is 0 Å². The fourth-order valence-corrected chi connectivity index (χ4v) is 1.62. The van der Waals surface area contributed by atoms with Gasteiger partial charge in [-0.3, -0.25) is 4.79 Å². The number of rotatable bonds is 5. The fourth-order valence-electron chi connectivity index (χ4n) is 1.62. The van der Waals surface area contributed by atoms with E-state index in [1.54, 1.807) is 0 Å². The molecule has 0 spiro atoms. The smallest absolute Gasteiger partial charge is 0.193 e. The van der Waals surface area contributed by atoms with Crippen LogP contribution in [0.5, 0.6) is 0 Å². The number of carbonyl (C=O) groups excluding carboxylic acids is 1. The highest BCUT2D eigenvalue weighted by Crippen LogP contribution is 2.09. The van der Waals surface area contributed by atoms with Gasteiger partial charge >= 0.3 is 0 Å². The van der Waals surface area contributed by atoms with Crippen molar-refractivity contribution in [3.63, 3.8) is 0 Å². The molecule has 1 aromatic carbocycles. The average molecular weight is 214 g/mol. The van der Waals surface area contributed by atoms with Gasteiger partial charge in [0.25, 0.3) is 0 Å². The summed E-state index contributed by atoms with van der Waals surface area (Å²) >= 11 is 0. The third kappa shape index (κ3) is 4.79. The lowest BCUT2D eigenvalue weighted by molar-refractivity contribution is -0.103. The van der Waals surface area contributed by atoms with Crippen molar-refractivity contribution in [3.05, 3.63) is 35.4 Å². The summed E-state index contributed by atoms with van der Waals surface area (Å²) in [6.45, 7) is 2.22. The van der Waals surface area contributed by atoms with Gasteiger partial charge in [-0.1, -0.05) is 44.2 Å². The maximum absolute atomic E-state index is 10.1. The van der Waals surface area contributed by atoms with Crippen LogP contribution in [0.25, 0.3) is 0 Å². The number of hydrogen-bond donors (Lipinski definition) is 0. The van der Waals surface area contributed by atoms with Crippen LogP contribution in [0, 0.1) is 11.8 Å². The SMILES string of the molecule is CCCCCCc1ccc(C#CC=O)cc1. The van der Waals surface area contributed by atoms with Crippen LogP contribution in [0.4, 0.5) is 0 Å². The molecule has 0 bridgehead atoms. The zero-order valence-electron chi connectivity index (χ0n) is 9.83. The van der Waals surface area contributed by atoms with Crippen molar-refractivity contribution in [1.29, 1.82) is 0 Å². The average Bonchev–Trinajstić information content (AvgIpc) is 2.33. The van der Waals surface area contributed by atoms with E-state index in [4.69, 9.17) is 0 Å². The maximum atomic E-state index is 10.1. The topological polar surface area (TPSA) is 17.1 Å². The van der Waals surface area contributed by atoms with Gasteiger partial charge in [-0.05, 0) is 36.5 Å². The first-order valence-corrected chi connectivity index (χ1v) is 5.91. The zero-order chi connectivity index (χ0) is 11.6. The summed E-state index contributed by atoms with van der Waals surface area (Å²) in [6.07, 6.45) is 6.93. The third-order valence-electron chi connectivity index (χ3n) is 2.55. The molecule has 0 heterocycles. The van der Waals surface area contributed by atoms with E-state index >= 15 is 0 Å². The Morgan fingerprint density at radius 2 is 1.88 bits per heavy atom. The van der Waals surface area contributed by atoms with Crippen molar-refractivity contribution in [1.82, 2.24) is 0 Å². The Morgan fingerprint density at radius 3 is 2.50 bits per heavy atom. The van der Waals surface area contributed by atoms with Gasteiger partial charge in [-0.25, -0.2) is 0 Å². The lowest BCUT2D eigenvalue weighted by Crippen LogP contribution is -1.86. The Hall–Kier alpha value is -1.55. The normalized spacial score (nSPS) is 9.31. The minimum absolute atomic E-state index is 0.624. The minimum atomic E-state index is 0.624. The number of unbranched alkanes of at least 4 members (excludes halogenated alkanes) is 3. The molecule has 0 radical (unpaired) electrons. The standard InChI is InChI=1S/C15H18O/c1-2-3-4-5-7-14-9-11-15(12-10-14)8-6-13-16/h9-13H,2-5,7H2,1H3. The van der Waals surface area contributed by atoms with Crippen LogP contribution < -0.4 is 0 Å². The summed E-state index contributed by atoms with van der Waals surface area (Å²) in [5.41, 5.74) is 2.26. The van der Waals surface area contributed by atoms with E-state index in [2.05, 4.69) is 30.9 Å². The molecule has 0 amide bonds. The predicted molar refractivity (Wildman–Crippen MR) is 67.2 cm³/mol. The van der Waals surface area contributed by atoms with E-state index in [1.165, 1.54) is 31.2 Å². The lowest BCUT2D eigenvalue weighted by atomic mass is 10.0. The zero-order valence-corrected chi connectivity index (χ0v) is 9.83. The van der Waals surface area contributed by atoms with Crippen LogP contribution in [0.2, 0.25) is 0 Å². The monoisotopic (exact) mass is 214 g/mol. The second-order valence-corrected chi connectivity index (χ2v) is 3.89. The molecule has 1 aromatic rings. The van der Waals surface area contributed by atoms with Crippen molar-refractivity contribution in [2.45, 2.75) is 39.0 Å². The van der Waals surface area contributed by atoms with Crippen LogP contribution >= 0.6 is 0 Å². The summed E-state index contributed by atoms with van der Waals surface area (Å²) < 4.78 is 0. The molecule has 0 N–H and O–H groups in total. The summed E-state index contributed by atoms with van der Waals surface area (Å²) in [4.78, 5) is 10.1. The van der Waals surface area contributed by atoms with Gasteiger partial charge in [-0.15, -0.1) is 0 Å². The number of benzene rings is 1. The van der Waals surface area contributed by atoms with E-state index < -0.39 is 0 Å². The molecule has 0 saturated carbocycles. The first-order valence-electron chi connectivity index (χ1n) is 5.91. The van der Waals surface area contributed by atoms with Crippen LogP contribution in [-0.2, 0) is 11.2 Å². The van der Waals surface area contributed by atoms with Gasteiger partial charge in [0.15, 0.2) is 6.29 Å². The predicted octanol–water partition coefficient (Wildman–Crippen LogP) is 3.36. The summed E-state index contributed by atoms with van der Waals surface area (Å²) in [6, 6.07) is 8.15. The molecule has 0 aliphatic carbocycles. The molecule has 1 rings (SSSR count). The molecule has 1 heteroatoms. The molecule has 0 aliphatic heterocycles. The van der Waals surface area contributed by atoms with Gasteiger partial charge in [0, 0.05) is 5.56 Å². The van der Waals surface area contributed by atoms with Gasteiger partial charge in [-0.2, -0.15) is 0 Å².